The maximum atomic E-state index is 12.9. The van der Waals surface area contributed by atoms with Crippen molar-refractivity contribution in [1.82, 2.24) is 0 Å². The number of oxime groups is 1. The Morgan fingerprint density at radius 1 is 0.512 bits per heavy atom. The Kier molecular flexibility index (Phi) is 9.25. The molecule has 4 aromatic carbocycles. The summed E-state index contributed by atoms with van der Waals surface area (Å²) in [6.45, 7) is 0. The number of ketones is 2. The van der Waals surface area contributed by atoms with Crippen molar-refractivity contribution < 1.29 is 38.7 Å². The Labute approximate surface area is 234 Å². The molecular formula is C32H23NO8. The van der Waals surface area contributed by atoms with E-state index < -0.39 is 48.2 Å². The molecule has 0 spiro atoms. The molecule has 0 aliphatic heterocycles. The van der Waals surface area contributed by atoms with Gasteiger partial charge in [-0.05, 0) is 12.1 Å². The molecule has 9 heteroatoms. The minimum Gasteiger partial charge on any atom is -0.408 e. The molecule has 0 aliphatic carbocycles. The first-order chi connectivity index (χ1) is 19.9. The summed E-state index contributed by atoms with van der Waals surface area (Å²) in [7, 11) is 0. The van der Waals surface area contributed by atoms with E-state index in [1.54, 1.807) is 72.8 Å². The number of hydrogen-bond acceptors (Lipinski definition) is 9. The predicted molar refractivity (Wildman–Crippen MR) is 147 cm³/mol. The number of nitrogens with zero attached hydrogens (tertiary/aromatic N) is 1. The van der Waals surface area contributed by atoms with Crippen LogP contribution < -0.4 is 0 Å². The van der Waals surface area contributed by atoms with Crippen LogP contribution in [0.5, 0.6) is 0 Å². The van der Waals surface area contributed by atoms with Gasteiger partial charge in [0.1, 0.15) is 0 Å². The molecule has 4 aromatic rings. The van der Waals surface area contributed by atoms with Gasteiger partial charge in [0.15, 0.2) is 11.6 Å². The maximum absolute atomic E-state index is 12.9. The van der Waals surface area contributed by atoms with E-state index >= 15 is 0 Å². The van der Waals surface area contributed by atoms with Crippen LogP contribution in [-0.2, 0) is 14.3 Å². The number of benzene rings is 4. The first-order valence-electron chi connectivity index (χ1n) is 12.4. The number of carbonyl (C=O) groups excluding carboxylic acids is 5. The minimum absolute atomic E-state index is 0.0618. The summed E-state index contributed by atoms with van der Waals surface area (Å²) in [6.07, 6.45) is -0.883. The van der Waals surface area contributed by atoms with E-state index in [9.17, 15) is 29.2 Å². The summed E-state index contributed by atoms with van der Waals surface area (Å²) in [6, 6.07) is 28.6. The van der Waals surface area contributed by atoms with Gasteiger partial charge in [0, 0.05) is 28.7 Å². The predicted octanol–water partition coefficient (Wildman–Crippen LogP) is 5.26. The largest absolute Gasteiger partial charge is 0.408 e. The van der Waals surface area contributed by atoms with E-state index in [1.807, 2.05) is 0 Å². The third-order valence-corrected chi connectivity index (χ3v) is 5.93. The van der Waals surface area contributed by atoms with Crippen LogP contribution in [0.1, 0.15) is 65.4 Å². The Balaban J connectivity index is 1.38. The second kappa shape index (κ2) is 13.4. The molecule has 9 nitrogen and oxygen atoms in total. The minimum atomic E-state index is -1.04. The highest BCUT2D eigenvalue weighted by Gasteiger charge is 2.24. The van der Waals surface area contributed by atoms with Crippen LogP contribution >= 0.6 is 0 Å². The second-order valence-electron chi connectivity index (χ2n) is 8.63. The molecule has 204 valence electrons. The van der Waals surface area contributed by atoms with Crippen LogP contribution in [0.15, 0.2) is 114 Å². The molecule has 0 atom stereocenters. The SMILES string of the molecule is O=C(CC/C(=N/O)OC(=O)c1ccccc1C(=O)c1ccccc1)OC(=O)c1ccccc1C(=O)c1ccccc1. The van der Waals surface area contributed by atoms with Crippen molar-refractivity contribution in [2.45, 2.75) is 12.8 Å². The van der Waals surface area contributed by atoms with Crippen molar-refractivity contribution in [2.24, 2.45) is 5.16 Å². The van der Waals surface area contributed by atoms with Gasteiger partial charge >= 0.3 is 17.9 Å². The lowest BCUT2D eigenvalue weighted by molar-refractivity contribution is -0.137. The van der Waals surface area contributed by atoms with E-state index in [2.05, 4.69) is 5.16 Å². The Morgan fingerprint density at radius 2 is 0.902 bits per heavy atom. The fourth-order valence-electron chi connectivity index (χ4n) is 3.91. The average Bonchev–Trinajstić information content (AvgIpc) is 3.03. The highest BCUT2D eigenvalue weighted by molar-refractivity contribution is 6.16. The van der Waals surface area contributed by atoms with Gasteiger partial charge in [-0.15, -0.1) is 0 Å². The summed E-state index contributed by atoms with van der Waals surface area (Å²) in [5, 5.41) is 12.3. The van der Waals surface area contributed by atoms with Crippen LogP contribution in [-0.4, -0.2) is 40.6 Å². The van der Waals surface area contributed by atoms with Gasteiger partial charge in [0.25, 0.3) is 0 Å². The normalized spacial score (nSPS) is 10.9. The third-order valence-electron chi connectivity index (χ3n) is 5.93. The summed E-state index contributed by atoms with van der Waals surface area (Å²) in [5.74, 6) is -4.37. The highest BCUT2D eigenvalue weighted by atomic mass is 16.6. The smallest absolute Gasteiger partial charge is 0.346 e. The van der Waals surface area contributed by atoms with Crippen LogP contribution in [0.4, 0.5) is 0 Å². The molecule has 0 aliphatic rings. The highest BCUT2D eigenvalue weighted by Crippen LogP contribution is 2.18. The Bertz CT molecular complexity index is 1630. The van der Waals surface area contributed by atoms with Gasteiger partial charge in [0.2, 0.25) is 5.90 Å². The summed E-state index contributed by atoms with van der Waals surface area (Å²) in [4.78, 5) is 63.7. The summed E-state index contributed by atoms with van der Waals surface area (Å²) in [5.41, 5.74) is 0.693. The van der Waals surface area contributed by atoms with Gasteiger partial charge in [0.05, 0.1) is 17.5 Å². The van der Waals surface area contributed by atoms with Crippen molar-refractivity contribution in [3.8, 4) is 0 Å². The first-order valence-corrected chi connectivity index (χ1v) is 12.4. The van der Waals surface area contributed by atoms with Gasteiger partial charge < -0.3 is 14.7 Å². The van der Waals surface area contributed by atoms with Crippen molar-refractivity contribution in [3.05, 3.63) is 143 Å². The summed E-state index contributed by atoms with van der Waals surface area (Å²) < 4.78 is 10.0. The number of hydrogen-bond donors (Lipinski definition) is 1. The molecular weight excluding hydrogens is 526 g/mol. The average molecular weight is 550 g/mol. The summed E-state index contributed by atoms with van der Waals surface area (Å²) >= 11 is 0. The molecule has 0 radical (unpaired) electrons. The number of rotatable bonds is 9. The van der Waals surface area contributed by atoms with Crippen LogP contribution in [0.2, 0.25) is 0 Å². The molecule has 1 N–H and O–H groups in total. The molecule has 0 saturated carbocycles. The van der Waals surface area contributed by atoms with Crippen molar-refractivity contribution in [3.63, 3.8) is 0 Å². The number of carbonyl (C=O) groups is 5. The number of ether oxygens (including phenoxy) is 2. The Morgan fingerprint density at radius 3 is 1.34 bits per heavy atom. The standard InChI is InChI=1S/C32H23NO8/c34-28(41-32(38)26-18-10-8-16-24(26)30(36)22-13-5-2-6-14-22)20-19-27(33-39)40-31(37)25-17-9-7-15-23(25)29(35)21-11-3-1-4-12-21/h1-18,39H,19-20H2/b33-27-. The second-order valence-corrected chi connectivity index (χ2v) is 8.63. The molecule has 0 bridgehead atoms. The topological polar surface area (TPSA) is 136 Å². The zero-order chi connectivity index (χ0) is 29.2. The molecule has 0 heterocycles. The Hall–Kier alpha value is -5.70. The molecule has 4 rings (SSSR count). The van der Waals surface area contributed by atoms with E-state index in [-0.39, 0.29) is 22.3 Å². The van der Waals surface area contributed by atoms with E-state index in [4.69, 9.17) is 9.47 Å². The van der Waals surface area contributed by atoms with Crippen LogP contribution in [0.25, 0.3) is 0 Å². The third kappa shape index (κ3) is 7.04. The lowest BCUT2D eigenvalue weighted by Crippen LogP contribution is -2.19. The van der Waals surface area contributed by atoms with Crippen LogP contribution in [0, 0.1) is 0 Å². The zero-order valence-corrected chi connectivity index (χ0v) is 21.6. The molecule has 0 unspecified atom stereocenters. The van der Waals surface area contributed by atoms with Gasteiger partial charge in [-0.2, -0.15) is 0 Å². The molecule has 0 saturated heterocycles. The fourth-order valence-corrected chi connectivity index (χ4v) is 3.91. The molecule has 0 aromatic heterocycles. The van der Waals surface area contributed by atoms with Crippen molar-refractivity contribution in [2.75, 3.05) is 0 Å². The monoisotopic (exact) mass is 549 g/mol. The molecule has 41 heavy (non-hydrogen) atoms. The van der Waals surface area contributed by atoms with E-state index in [1.165, 1.54) is 36.4 Å². The number of esters is 3. The van der Waals surface area contributed by atoms with E-state index in [0.29, 0.717) is 11.1 Å². The molecule has 0 fully saturated rings. The van der Waals surface area contributed by atoms with Crippen molar-refractivity contribution >= 4 is 35.4 Å². The van der Waals surface area contributed by atoms with Gasteiger partial charge in [-0.25, -0.2) is 9.59 Å². The lowest BCUT2D eigenvalue weighted by Gasteiger charge is -2.10. The fraction of sp³-hybridized carbons (Fsp3) is 0.0625. The van der Waals surface area contributed by atoms with Gasteiger partial charge in [-0.1, -0.05) is 102 Å². The zero-order valence-electron chi connectivity index (χ0n) is 21.6. The van der Waals surface area contributed by atoms with E-state index in [0.717, 1.165) is 0 Å². The van der Waals surface area contributed by atoms with Crippen molar-refractivity contribution in [1.29, 1.82) is 0 Å². The molecule has 0 amide bonds. The first kappa shape index (κ1) is 28.3. The quantitative estimate of drug-likeness (QED) is 0.0568. The van der Waals surface area contributed by atoms with Gasteiger partial charge in [-0.3, -0.25) is 14.4 Å². The lowest BCUT2D eigenvalue weighted by atomic mass is 9.98. The maximum Gasteiger partial charge on any atom is 0.346 e. The van der Waals surface area contributed by atoms with Crippen LogP contribution in [0.3, 0.4) is 0 Å².